The monoisotopic (exact) mass is 432 g/mol. The fourth-order valence-corrected chi connectivity index (χ4v) is 3.45. The first kappa shape index (κ1) is 21.3. The van der Waals surface area contributed by atoms with Crippen molar-refractivity contribution in [3.63, 3.8) is 0 Å². The van der Waals surface area contributed by atoms with Crippen molar-refractivity contribution in [1.29, 1.82) is 0 Å². The van der Waals surface area contributed by atoms with Crippen LogP contribution in [0.3, 0.4) is 0 Å². The highest BCUT2D eigenvalue weighted by Crippen LogP contribution is 2.39. The van der Waals surface area contributed by atoms with Crippen LogP contribution < -0.4 is 19.2 Å². The van der Waals surface area contributed by atoms with E-state index < -0.39 is 10.1 Å². The minimum atomic E-state index is -4.32. The molecule has 0 saturated carbocycles. The van der Waals surface area contributed by atoms with Crippen molar-refractivity contribution >= 4 is 33.5 Å². The third kappa shape index (κ3) is 4.00. The van der Waals surface area contributed by atoms with Crippen LogP contribution in [0.4, 0.5) is 5.69 Å². The summed E-state index contributed by atoms with van der Waals surface area (Å²) in [5, 5.41) is 5.42. The molecule has 1 amide bonds. The van der Waals surface area contributed by atoms with Crippen molar-refractivity contribution in [2.24, 2.45) is 5.10 Å². The fourth-order valence-electron chi connectivity index (χ4n) is 2.97. The summed E-state index contributed by atoms with van der Waals surface area (Å²) in [6.07, 6.45) is 1.65. The number of hydrogen-bond acceptors (Lipinski definition) is 7. The van der Waals surface area contributed by atoms with Gasteiger partial charge in [0.15, 0.2) is 11.5 Å². The normalized spacial score (nSPS) is 15.4. The van der Waals surface area contributed by atoms with E-state index >= 15 is 0 Å². The van der Waals surface area contributed by atoms with Gasteiger partial charge in [0.25, 0.3) is 16.0 Å². The van der Waals surface area contributed by atoms with E-state index in [1.165, 1.54) is 45.6 Å². The lowest BCUT2D eigenvalue weighted by Gasteiger charge is -2.13. The lowest BCUT2D eigenvalue weighted by atomic mass is 10.1. The highest BCUT2D eigenvalue weighted by Gasteiger charge is 2.29. The molecule has 1 heterocycles. The Labute approximate surface area is 173 Å². The lowest BCUT2D eigenvalue weighted by molar-refractivity contribution is -0.114. The molecule has 2 aromatic carbocycles. The highest BCUT2D eigenvalue weighted by atomic mass is 32.2. The molecule has 0 aromatic heterocycles. The summed E-state index contributed by atoms with van der Waals surface area (Å²) in [6, 6.07) is 8.59. The maximum atomic E-state index is 12.9. The molecule has 1 aliphatic rings. The van der Waals surface area contributed by atoms with Crippen molar-refractivity contribution in [2.75, 3.05) is 26.3 Å². The molecule has 158 valence electrons. The second kappa shape index (κ2) is 8.17. The largest absolute Gasteiger partial charge is 0.493 e. The molecule has 1 N–H and O–H groups in total. The second-order valence-electron chi connectivity index (χ2n) is 6.29. The van der Waals surface area contributed by atoms with Crippen molar-refractivity contribution in [3.05, 3.63) is 47.5 Å². The smallest absolute Gasteiger partial charge is 0.294 e. The van der Waals surface area contributed by atoms with E-state index in [2.05, 4.69) is 5.10 Å². The van der Waals surface area contributed by atoms with Gasteiger partial charge in [0.05, 0.1) is 43.2 Å². The molecule has 30 heavy (non-hydrogen) atoms. The molecule has 0 fully saturated rings. The molecule has 10 heteroatoms. The minimum Gasteiger partial charge on any atom is -0.493 e. The Kier molecular flexibility index (Phi) is 5.81. The zero-order valence-corrected chi connectivity index (χ0v) is 17.6. The van der Waals surface area contributed by atoms with E-state index in [4.69, 9.17) is 18.8 Å². The number of anilines is 1. The maximum Gasteiger partial charge on any atom is 0.294 e. The van der Waals surface area contributed by atoms with Crippen LogP contribution in [0.5, 0.6) is 17.2 Å². The molecule has 0 radical (unpaired) electrons. The first-order valence-corrected chi connectivity index (χ1v) is 10.1. The Morgan fingerprint density at radius 2 is 1.57 bits per heavy atom. The zero-order valence-electron chi connectivity index (χ0n) is 16.7. The van der Waals surface area contributed by atoms with Gasteiger partial charge in [0.1, 0.15) is 0 Å². The van der Waals surface area contributed by atoms with Gasteiger partial charge in [-0.2, -0.15) is 18.5 Å². The average molecular weight is 432 g/mol. The SMILES string of the molecule is COc1cc(C=C2C(=O)N(c3ccc(S(=O)(=O)O)cc3)N=C2C)cc(OC)c1OC. The summed E-state index contributed by atoms with van der Waals surface area (Å²) in [7, 11) is 0.178. The molecular weight excluding hydrogens is 412 g/mol. The number of amides is 1. The van der Waals surface area contributed by atoms with E-state index in [1.807, 2.05) is 0 Å². The number of carbonyl (C=O) groups excluding carboxylic acids is 1. The van der Waals surface area contributed by atoms with Gasteiger partial charge in [0, 0.05) is 0 Å². The number of carbonyl (C=O) groups is 1. The second-order valence-corrected chi connectivity index (χ2v) is 7.71. The summed E-state index contributed by atoms with van der Waals surface area (Å²) in [5.74, 6) is 0.939. The number of rotatable bonds is 6. The molecule has 3 rings (SSSR count). The van der Waals surface area contributed by atoms with Crippen LogP contribution in [0.2, 0.25) is 0 Å². The van der Waals surface area contributed by atoms with Gasteiger partial charge in [0.2, 0.25) is 5.75 Å². The zero-order chi connectivity index (χ0) is 22.1. The predicted octanol–water partition coefficient (Wildman–Crippen LogP) is 2.77. The number of hydrogen-bond donors (Lipinski definition) is 1. The van der Waals surface area contributed by atoms with Gasteiger partial charge in [-0.05, 0) is 55.0 Å². The van der Waals surface area contributed by atoms with Crippen LogP contribution in [0.25, 0.3) is 6.08 Å². The van der Waals surface area contributed by atoms with Crippen LogP contribution in [0.15, 0.2) is 52.0 Å². The molecule has 0 spiro atoms. The van der Waals surface area contributed by atoms with E-state index in [0.717, 1.165) is 5.01 Å². The molecule has 1 aliphatic heterocycles. The van der Waals surface area contributed by atoms with Crippen LogP contribution >= 0.6 is 0 Å². The van der Waals surface area contributed by atoms with Gasteiger partial charge < -0.3 is 14.2 Å². The van der Waals surface area contributed by atoms with Gasteiger partial charge >= 0.3 is 0 Å². The molecule has 0 unspecified atom stereocenters. The Morgan fingerprint density at radius 3 is 2.03 bits per heavy atom. The van der Waals surface area contributed by atoms with Crippen LogP contribution in [0.1, 0.15) is 12.5 Å². The molecule has 0 aliphatic carbocycles. The number of nitrogens with zero attached hydrogens (tertiary/aromatic N) is 2. The maximum absolute atomic E-state index is 12.9. The summed E-state index contributed by atoms with van der Waals surface area (Å²) in [5.41, 5.74) is 1.83. The van der Waals surface area contributed by atoms with Gasteiger partial charge in [-0.15, -0.1) is 0 Å². The first-order chi connectivity index (χ1) is 14.2. The van der Waals surface area contributed by atoms with Crippen LogP contribution in [0, 0.1) is 0 Å². The molecule has 0 bridgehead atoms. The number of benzene rings is 2. The molecule has 0 atom stereocenters. The van der Waals surface area contributed by atoms with E-state index in [9.17, 15) is 13.2 Å². The Hall–Kier alpha value is -3.37. The third-order valence-electron chi connectivity index (χ3n) is 4.44. The summed E-state index contributed by atoms with van der Waals surface area (Å²) in [6.45, 7) is 1.69. The van der Waals surface area contributed by atoms with Crippen LogP contribution in [-0.2, 0) is 14.9 Å². The topological polar surface area (TPSA) is 115 Å². The van der Waals surface area contributed by atoms with E-state index in [0.29, 0.717) is 39.8 Å². The van der Waals surface area contributed by atoms with Gasteiger partial charge in [-0.25, -0.2) is 0 Å². The highest BCUT2D eigenvalue weighted by molar-refractivity contribution is 7.85. The Balaban J connectivity index is 1.97. The molecule has 2 aromatic rings. The number of methoxy groups -OCH3 is 3. The van der Waals surface area contributed by atoms with Crippen molar-refractivity contribution in [2.45, 2.75) is 11.8 Å². The molecular formula is C20H20N2O7S. The van der Waals surface area contributed by atoms with E-state index in [1.54, 1.807) is 25.1 Å². The quantitative estimate of drug-likeness (QED) is 0.551. The minimum absolute atomic E-state index is 0.271. The Bertz CT molecular complexity index is 1130. The van der Waals surface area contributed by atoms with Crippen molar-refractivity contribution in [1.82, 2.24) is 0 Å². The standard InChI is InChI=1S/C20H20N2O7S/c1-12-16(9-13-10-17(27-2)19(29-4)18(11-13)28-3)20(23)22(21-12)14-5-7-15(8-6-14)30(24,25)26/h5-11H,1-4H3,(H,24,25,26). The first-order valence-electron chi connectivity index (χ1n) is 8.69. The summed E-state index contributed by atoms with van der Waals surface area (Å²) in [4.78, 5) is 12.7. The summed E-state index contributed by atoms with van der Waals surface area (Å²) < 4.78 is 47.5. The third-order valence-corrected chi connectivity index (χ3v) is 5.31. The molecule has 0 saturated heterocycles. The van der Waals surface area contributed by atoms with Gasteiger partial charge in [-0.3, -0.25) is 9.35 Å². The van der Waals surface area contributed by atoms with Crippen LogP contribution in [-0.4, -0.2) is 45.9 Å². The number of hydrazone groups is 1. The Morgan fingerprint density at radius 1 is 1.00 bits per heavy atom. The van der Waals surface area contributed by atoms with Crippen molar-refractivity contribution < 1.29 is 32.0 Å². The summed E-state index contributed by atoms with van der Waals surface area (Å²) >= 11 is 0. The van der Waals surface area contributed by atoms with Crippen molar-refractivity contribution in [3.8, 4) is 17.2 Å². The fraction of sp³-hybridized carbons (Fsp3) is 0.200. The molecule has 9 nitrogen and oxygen atoms in total. The predicted molar refractivity (Wildman–Crippen MR) is 111 cm³/mol. The lowest BCUT2D eigenvalue weighted by Crippen LogP contribution is -2.21. The average Bonchev–Trinajstić information content (AvgIpc) is 3.00. The number of ether oxygens (including phenoxy) is 3. The van der Waals surface area contributed by atoms with Gasteiger partial charge in [-0.1, -0.05) is 0 Å². The van der Waals surface area contributed by atoms with E-state index in [-0.39, 0.29) is 10.8 Å².